The Bertz CT molecular complexity index is 912. The van der Waals surface area contributed by atoms with Crippen LogP contribution in [-0.4, -0.2) is 25.5 Å². The van der Waals surface area contributed by atoms with Gasteiger partial charge < -0.3 is 14.8 Å². The van der Waals surface area contributed by atoms with Gasteiger partial charge in [-0.05, 0) is 35.9 Å². The Labute approximate surface area is 157 Å². The summed E-state index contributed by atoms with van der Waals surface area (Å²) in [4.78, 5) is 24.1. The zero-order valence-electron chi connectivity index (χ0n) is 14.8. The summed E-state index contributed by atoms with van der Waals surface area (Å²) in [5.41, 5.74) is 0.902. The van der Waals surface area contributed by atoms with Gasteiger partial charge in [-0.1, -0.05) is 30.3 Å². The Kier molecular flexibility index (Phi) is 6.91. The number of ether oxygens (including phenoxy) is 2. The second-order valence-corrected chi connectivity index (χ2v) is 5.33. The van der Waals surface area contributed by atoms with Gasteiger partial charge in [-0.15, -0.1) is 6.58 Å². The lowest BCUT2D eigenvalue weighted by Crippen LogP contribution is -2.24. The summed E-state index contributed by atoms with van der Waals surface area (Å²) in [6, 6.07) is 15.2. The Morgan fingerprint density at radius 3 is 2.56 bits per heavy atom. The number of nitrogens with zero attached hydrogens (tertiary/aromatic N) is 1. The van der Waals surface area contributed by atoms with Crippen LogP contribution < -0.4 is 14.8 Å². The minimum Gasteiger partial charge on any atom is -0.493 e. The van der Waals surface area contributed by atoms with E-state index in [-0.39, 0.29) is 17.9 Å². The van der Waals surface area contributed by atoms with Gasteiger partial charge in [0.1, 0.15) is 11.6 Å². The predicted octanol–water partition coefficient (Wildman–Crippen LogP) is 3.12. The molecular weight excluding hydrogens is 344 g/mol. The quantitative estimate of drug-likeness (QED) is 0.269. The van der Waals surface area contributed by atoms with E-state index in [1.54, 1.807) is 48.5 Å². The van der Waals surface area contributed by atoms with E-state index >= 15 is 0 Å². The highest BCUT2D eigenvalue weighted by molar-refractivity contribution is 6.01. The molecule has 0 aliphatic carbocycles. The van der Waals surface area contributed by atoms with Crippen molar-refractivity contribution in [3.8, 4) is 17.6 Å². The van der Waals surface area contributed by atoms with Gasteiger partial charge in [0.15, 0.2) is 11.5 Å². The van der Waals surface area contributed by atoms with Gasteiger partial charge in [0.25, 0.3) is 5.91 Å². The normalized spacial score (nSPS) is 10.4. The molecule has 27 heavy (non-hydrogen) atoms. The number of carbonyl (C=O) groups is 2. The van der Waals surface area contributed by atoms with Crippen LogP contribution in [0, 0.1) is 11.3 Å². The first kappa shape index (κ1) is 19.5. The van der Waals surface area contributed by atoms with Crippen molar-refractivity contribution in [3.63, 3.8) is 0 Å². The van der Waals surface area contributed by atoms with Crippen LogP contribution in [0.1, 0.15) is 15.9 Å². The zero-order chi connectivity index (χ0) is 19.6. The first-order valence-corrected chi connectivity index (χ1v) is 8.05. The molecule has 1 N–H and O–H groups in total. The molecule has 2 rings (SSSR count). The molecule has 0 radical (unpaired) electrons. The van der Waals surface area contributed by atoms with E-state index in [0.29, 0.717) is 16.9 Å². The summed E-state index contributed by atoms with van der Waals surface area (Å²) in [5.74, 6) is -0.482. The van der Waals surface area contributed by atoms with Gasteiger partial charge >= 0.3 is 5.97 Å². The molecule has 0 saturated heterocycles. The molecule has 0 aliphatic rings. The summed E-state index contributed by atoms with van der Waals surface area (Å²) in [6.07, 6.45) is 2.94. The number of rotatable bonds is 7. The molecule has 0 heterocycles. The van der Waals surface area contributed by atoms with Gasteiger partial charge in [-0.25, -0.2) is 4.79 Å². The maximum absolute atomic E-state index is 12.2. The molecule has 1 amide bonds. The van der Waals surface area contributed by atoms with Crippen molar-refractivity contribution in [2.75, 3.05) is 13.7 Å². The van der Waals surface area contributed by atoms with Crippen LogP contribution in [-0.2, 0) is 4.79 Å². The van der Waals surface area contributed by atoms with Crippen molar-refractivity contribution in [2.45, 2.75) is 0 Å². The number of hydrogen-bond acceptors (Lipinski definition) is 5. The summed E-state index contributed by atoms with van der Waals surface area (Å²) in [5, 5.41) is 11.7. The van der Waals surface area contributed by atoms with Gasteiger partial charge in [-0.2, -0.15) is 5.26 Å². The first-order chi connectivity index (χ1) is 13.1. The highest BCUT2D eigenvalue weighted by atomic mass is 16.6. The van der Waals surface area contributed by atoms with E-state index < -0.39 is 11.9 Å². The molecule has 0 aliphatic heterocycles. The Balaban J connectivity index is 2.24. The molecule has 6 nitrogen and oxygen atoms in total. The van der Waals surface area contributed by atoms with E-state index in [9.17, 15) is 14.9 Å². The maximum atomic E-state index is 12.2. The van der Waals surface area contributed by atoms with Crippen molar-refractivity contribution in [2.24, 2.45) is 0 Å². The van der Waals surface area contributed by atoms with E-state index in [0.717, 1.165) is 0 Å². The third-order valence-corrected chi connectivity index (χ3v) is 3.48. The summed E-state index contributed by atoms with van der Waals surface area (Å²) in [6.45, 7) is 3.76. The van der Waals surface area contributed by atoms with E-state index in [2.05, 4.69) is 11.9 Å². The van der Waals surface area contributed by atoms with Crippen LogP contribution in [0.2, 0.25) is 0 Å². The molecule has 136 valence electrons. The van der Waals surface area contributed by atoms with Crippen molar-refractivity contribution in [1.82, 2.24) is 5.32 Å². The van der Waals surface area contributed by atoms with Crippen LogP contribution in [0.15, 0.2) is 66.8 Å². The van der Waals surface area contributed by atoms with E-state index in [1.165, 1.54) is 19.3 Å². The summed E-state index contributed by atoms with van der Waals surface area (Å²) < 4.78 is 10.6. The molecule has 2 aromatic carbocycles. The minimum atomic E-state index is -0.515. The lowest BCUT2D eigenvalue weighted by atomic mass is 10.1. The number of hydrogen-bond donors (Lipinski definition) is 1. The molecule has 2 aromatic rings. The zero-order valence-corrected chi connectivity index (χ0v) is 14.8. The van der Waals surface area contributed by atoms with E-state index in [1.807, 2.05) is 6.07 Å². The smallest absolute Gasteiger partial charge is 0.343 e. The van der Waals surface area contributed by atoms with Crippen LogP contribution in [0.25, 0.3) is 6.08 Å². The van der Waals surface area contributed by atoms with Crippen LogP contribution >= 0.6 is 0 Å². The Morgan fingerprint density at radius 1 is 1.19 bits per heavy atom. The Hall–Kier alpha value is -3.85. The van der Waals surface area contributed by atoms with Crippen LogP contribution in [0.4, 0.5) is 0 Å². The van der Waals surface area contributed by atoms with Crippen molar-refractivity contribution in [1.29, 1.82) is 5.26 Å². The number of methoxy groups -OCH3 is 1. The molecule has 0 saturated carbocycles. The number of carbonyl (C=O) groups excluding carboxylic acids is 2. The molecule has 0 bridgehead atoms. The molecule has 0 unspecified atom stereocenters. The van der Waals surface area contributed by atoms with Gasteiger partial charge in [0.2, 0.25) is 0 Å². The van der Waals surface area contributed by atoms with Gasteiger partial charge in [0.05, 0.1) is 12.7 Å². The van der Waals surface area contributed by atoms with Crippen LogP contribution in [0.3, 0.4) is 0 Å². The third-order valence-electron chi connectivity index (χ3n) is 3.48. The van der Waals surface area contributed by atoms with Crippen molar-refractivity contribution < 1.29 is 19.1 Å². The average molecular weight is 362 g/mol. The van der Waals surface area contributed by atoms with Crippen molar-refractivity contribution in [3.05, 3.63) is 77.9 Å². The second-order valence-electron chi connectivity index (χ2n) is 5.33. The first-order valence-electron chi connectivity index (χ1n) is 8.05. The molecule has 0 fully saturated rings. The van der Waals surface area contributed by atoms with Gasteiger partial charge in [0, 0.05) is 6.54 Å². The monoisotopic (exact) mass is 362 g/mol. The Morgan fingerprint density at radius 2 is 1.93 bits per heavy atom. The molecule has 0 aromatic heterocycles. The predicted molar refractivity (Wildman–Crippen MR) is 101 cm³/mol. The number of benzene rings is 2. The maximum Gasteiger partial charge on any atom is 0.343 e. The highest BCUT2D eigenvalue weighted by Crippen LogP contribution is 2.29. The fraction of sp³-hybridized carbons (Fsp3) is 0.0952. The molecular formula is C21H18N2O4. The average Bonchev–Trinajstić information content (AvgIpc) is 2.71. The standard InChI is InChI=1S/C21H18N2O4/c1-3-11-23-20(24)17(14-22)12-15-9-10-18(19(13-15)26-2)27-21(25)16-7-5-4-6-8-16/h3-10,12-13H,1,11H2,2H3,(H,23,24)/b17-12+. The number of nitriles is 1. The fourth-order valence-electron chi connectivity index (χ4n) is 2.17. The van der Waals surface area contributed by atoms with E-state index in [4.69, 9.17) is 9.47 Å². The lowest BCUT2D eigenvalue weighted by Gasteiger charge is -2.10. The van der Waals surface area contributed by atoms with Crippen LogP contribution in [0.5, 0.6) is 11.5 Å². The summed E-state index contributed by atoms with van der Waals surface area (Å²) in [7, 11) is 1.44. The highest BCUT2D eigenvalue weighted by Gasteiger charge is 2.13. The minimum absolute atomic E-state index is 0.0621. The van der Waals surface area contributed by atoms with Gasteiger partial charge in [-0.3, -0.25) is 4.79 Å². The van der Waals surface area contributed by atoms with Crippen molar-refractivity contribution >= 4 is 18.0 Å². The lowest BCUT2D eigenvalue weighted by molar-refractivity contribution is -0.116. The summed E-state index contributed by atoms with van der Waals surface area (Å²) >= 11 is 0. The fourth-order valence-corrected chi connectivity index (χ4v) is 2.17. The number of esters is 1. The second kappa shape index (κ2) is 9.59. The third kappa shape index (κ3) is 5.31. The number of amides is 1. The molecule has 0 spiro atoms. The SMILES string of the molecule is C=CCNC(=O)/C(C#N)=C/c1ccc(OC(=O)c2ccccc2)c(OC)c1. The number of nitrogens with one attached hydrogen (secondary N) is 1. The largest absolute Gasteiger partial charge is 0.493 e. The molecule has 0 atom stereocenters. The molecule has 6 heteroatoms. The topological polar surface area (TPSA) is 88.4 Å².